The van der Waals surface area contributed by atoms with Crippen molar-refractivity contribution in [3.8, 4) is 5.88 Å². The highest BCUT2D eigenvalue weighted by Gasteiger charge is 2.52. The monoisotopic (exact) mass is 450 g/mol. The van der Waals surface area contributed by atoms with Crippen molar-refractivity contribution in [2.45, 2.75) is 51.4 Å². The fourth-order valence-corrected chi connectivity index (χ4v) is 3.62. The zero-order chi connectivity index (χ0) is 20.7. The van der Waals surface area contributed by atoms with Gasteiger partial charge < -0.3 is 14.6 Å². The average Bonchev–Trinajstić information content (AvgIpc) is 2.92. The third kappa shape index (κ3) is 4.06. The number of aliphatic carboxylic acids is 1. The maximum absolute atomic E-state index is 12.6. The molecule has 1 saturated heterocycles. The Balaban J connectivity index is 1.88. The van der Waals surface area contributed by atoms with Gasteiger partial charge in [-0.05, 0) is 51.3 Å². The Morgan fingerprint density at radius 3 is 2.68 bits per heavy atom. The predicted octanol–water partition coefficient (Wildman–Crippen LogP) is 4.23. The van der Waals surface area contributed by atoms with E-state index in [-0.39, 0.29) is 13.0 Å². The number of hydrogen-bond acceptors (Lipinski definition) is 5. The zero-order valence-corrected chi connectivity index (χ0v) is 17.8. The lowest BCUT2D eigenvalue weighted by Gasteiger charge is -2.32. The van der Waals surface area contributed by atoms with Crippen LogP contribution < -0.4 is 4.74 Å². The number of benzene rings is 1. The van der Waals surface area contributed by atoms with E-state index in [0.717, 1.165) is 15.2 Å². The standard InChI is InChI=1S/C20H23BrN2O5/c1-19(2,3)28-18(26)23-11-14(10-20(23,4)17(24)25)27-16-15-9-13(21)6-5-12(15)7-8-22-16/h5-9,14H,10-11H2,1-4H3,(H,24,25)/t14-,20+/m1/s1. The Morgan fingerprint density at radius 2 is 2.04 bits per heavy atom. The Kier molecular flexibility index (Phi) is 5.27. The van der Waals surface area contributed by atoms with Crippen LogP contribution in [0.5, 0.6) is 5.88 Å². The molecular formula is C20H23BrN2O5. The van der Waals surface area contributed by atoms with Crippen molar-refractivity contribution in [2.24, 2.45) is 0 Å². The number of rotatable bonds is 3. The number of ether oxygens (including phenoxy) is 2. The molecule has 3 rings (SSSR count). The second-order valence-corrected chi connectivity index (χ2v) is 9.01. The van der Waals surface area contributed by atoms with Crippen LogP contribution in [0.25, 0.3) is 10.8 Å². The van der Waals surface area contributed by atoms with Gasteiger partial charge in [-0.3, -0.25) is 4.90 Å². The van der Waals surface area contributed by atoms with Gasteiger partial charge in [0.2, 0.25) is 5.88 Å². The van der Waals surface area contributed by atoms with Crippen molar-refractivity contribution in [3.05, 3.63) is 34.9 Å². The number of fused-ring (bicyclic) bond motifs is 1. The van der Waals surface area contributed by atoms with Crippen molar-refractivity contribution in [3.63, 3.8) is 0 Å². The van der Waals surface area contributed by atoms with Crippen LogP contribution >= 0.6 is 15.9 Å². The first-order valence-corrected chi connectivity index (χ1v) is 9.74. The number of aromatic nitrogens is 1. The molecule has 0 radical (unpaired) electrons. The maximum atomic E-state index is 12.6. The molecular weight excluding hydrogens is 428 g/mol. The molecule has 7 nitrogen and oxygen atoms in total. The van der Waals surface area contributed by atoms with E-state index in [2.05, 4.69) is 20.9 Å². The molecule has 1 aromatic heterocycles. The average molecular weight is 451 g/mol. The first kappa shape index (κ1) is 20.4. The molecule has 1 amide bonds. The highest BCUT2D eigenvalue weighted by Crippen LogP contribution is 2.35. The molecule has 0 unspecified atom stereocenters. The van der Waals surface area contributed by atoms with E-state index in [1.54, 1.807) is 27.0 Å². The molecule has 2 aromatic rings. The molecule has 1 aromatic carbocycles. The summed E-state index contributed by atoms with van der Waals surface area (Å²) in [6.07, 6.45) is 0.582. The topological polar surface area (TPSA) is 89.0 Å². The lowest BCUT2D eigenvalue weighted by Crippen LogP contribution is -2.52. The van der Waals surface area contributed by atoms with Gasteiger partial charge >= 0.3 is 12.1 Å². The molecule has 2 atom stereocenters. The number of carboxylic acid groups (broad SMARTS) is 1. The maximum Gasteiger partial charge on any atom is 0.411 e. The summed E-state index contributed by atoms with van der Waals surface area (Å²) >= 11 is 3.44. The van der Waals surface area contributed by atoms with Crippen molar-refractivity contribution in [1.82, 2.24) is 9.88 Å². The second kappa shape index (κ2) is 7.24. The highest BCUT2D eigenvalue weighted by molar-refractivity contribution is 9.10. The molecule has 0 aliphatic carbocycles. The van der Waals surface area contributed by atoms with E-state index < -0.39 is 29.3 Å². The van der Waals surface area contributed by atoms with Gasteiger partial charge in [-0.15, -0.1) is 0 Å². The minimum atomic E-state index is -1.42. The molecule has 8 heteroatoms. The summed E-state index contributed by atoms with van der Waals surface area (Å²) in [6, 6.07) is 7.64. The predicted molar refractivity (Wildman–Crippen MR) is 107 cm³/mol. The largest absolute Gasteiger partial charge is 0.480 e. The highest BCUT2D eigenvalue weighted by atomic mass is 79.9. The van der Waals surface area contributed by atoms with E-state index >= 15 is 0 Å². The number of hydrogen-bond donors (Lipinski definition) is 1. The number of carbonyl (C=O) groups excluding carboxylic acids is 1. The third-order valence-corrected chi connectivity index (χ3v) is 5.14. The number of carbonyl (C=O) groups is 2. The summed E-state index contributed by atoms with van der Waals surface area (Å²) in [4.78, 5) is 30.1. The van der Waals surface area contributed by atoms with Crippen LogP contribution in [0.15, 0.2) is 34.9 Å². The minimum absolute atomic E-state index is 0.101. The van der Waals surface area contributed by atoms with Crippen LogP contribution in [-0.2, 0) is 9.53 Å². The van der Waals surface area contributed by atoms with Gasteiger partial charge in [-0.2, -0.15) is 0 Å². The normalized spacial score (nSPS) is 22.3. The Morgan fingerprint density at radius 1 is 1.32 bits per heavy atom. The molecule has 0 saturated carbocycles. The summed E-state index contributed by atoms with van der Waals surface area (Å²) < 4.78 is 12.3. The second-order valence-electron chi connectivity index (χ2n) is 8.10. The Bertz CT molecular complexity index is 926. The van der Waals surface area contributed by atoms with Gasteiger partial charge in [-0.25, -0.2) is 14.6 Å². The molecule has 1 aliphatic heterocycles. The first-order chi connectivity index (χ1) is 13.0. The molecule has 0 bridgehead atoms. The zero-order valence-electron chi connectivity index (χ0n) is 16.2. The smallest absolute Gasteiger partial charge is 0.411 e. The lowest BCUT2D eigenvalue weighted by molar-refractivity contribution is -0.148. The fraction of sp³-hybridized carbons (Fsp3) is 0.450. The quantitative estimate of drug-likeness (QED) is 0.752. The summed E-state index contributed by atoms with van der Waals surface area (Å²) in [5, 5.41) is 11.5. The van der Waals surface area contributed by atoms with E-state index in [1.807, 2.05) is 24.3 Å². The van der Waals surface area contributed by atoms with Crippen molar-refractivity contribution in [2.75, 3.05) is 6.54 Å². The van der Waals surface area contributed by atoms with Crippen LogP contribution in [0.3, 0.4) is 0 Å². The number of pyridine rings is 1. The van der Waals surface area contributed by atoms with Crippen LogP contribution in [-0.4, -0.2) is 50.8 Å². The van der Waals surface area contributed by atoms with Gasteiger partial charge in [0.15, 0.2) is 0 Å². The summed E-state index contributed by atoms with van der Waals surface area (Å²) in [5.41, 5.74) is -2.14. The summed E-state index contributed by atoms with van der Waals surface area (Å²) in [6.45, 7) is 6.83. The van der Waals surface area contributed by atoms with Crippen LogP contribution in [0.2, 0.25) is 0 Å². The molecule has 1 N–H and O–H groups in total. The van der Waals surface area contributed by atoms with Crippen molar-refractivity contribution in [1.29, 1.82) is 0 Å². The SMILES string of the molecule is CC(C)(C)OC(=O)N1C[C@H](Oc2nccc3ccc(Br)cc23)C[C@@]1(C)C(=O)O. The molecule has 1 fully saturated rings. The molecule has 150 valence electrons. The number of nitrogens with zero attached hydrogens (tertiary/aromatic N) is 2. The van der Waals surface area contributed by atoms with Crippen LogP contribution in [0.4, 0.5) is 4.79 Å². The van der Waals surface area contributed by atoms with Gasteiger partial charge in [0.25, 0.3) is 0 Å². The lowest BCUT2D eigenvalue weighted by atomic mass is 9.98. The fourth-order valence-electron chi connectivity index (χ4n) is 3.26. The van der Waals surface area contributed by atoms with E-state index in [0.29, 0.717) is 5.88 Å². The van der Waals surface area contributed by atoms with Crippen molar-refractivity contribution >= 4 is 38.8 Å². The Labute approximate surface area is 171 Å². The van der Waals surface area contributed by atoms with Crippen LogP contribution in [0.1, 0.15) is 34.1 Å². The Hall–Kier alpha value is -2.35. The number of carboxylic acids is 1. The van der Waals surface area contributed by atoms with Crippen molar-refractivity contribution < 1.29 is 24.2 Å². The van der Waals surface area contributed by atoms with E-state index in [4.69, 9.17) is 9.47 Å². The van der Waals surface area contributed by atoms with Gasteiger partial charge in [0, 0.05) is 22.5 Å². The number of amides is 1. The number of likely N-dealkylation sites (tertiary alicyclic amines) is 1. The molecule has 28 heavy (non-hydrogen) atoms. The molecule has 1 aliphatic rings. The van der Waals surface area contributed by atoms with E-state index in [1.165, 1.54) is 11.8 Å². The summed E-state index contributed by atoms with van der Waals surface area (Å²) in [5.74, 6) is -0.694. The summed E-state index contributed by atoms with van der Waals surface area (Å²) in [7, 11) is 0. The third-order valence-electron chi connectivity index (χ3n) is 4.65. The van der Waals surface area contributed by atoms with Gasteiger partial charge in [0.05, 0.1) is 6.54 Å². The minimum Gasteiger partial charge on any atom is -0.480 e. The molecule has 0 spiro atoms. The van der Waals surface area contributed by atoms with Gasteiger partial charge in [0.1, 0.15) is 17.2 Å². The first-order valence-electron chi connectivity index (χ1n) is 8.94. The molecule has 2 heterocycles. The van der Waals surface area contributed by atoms with Gasteiger partial charge in [-0.1, -0.05) is 22.0 Å². The number of halogens is 1. The van der Waals surface area contributed by atoms with Crippen LogP contribution in [0, 0.1) is 0 Å². The van der Waals surface area contributed by atoms with E-state index in [9.17, 15) is 14.7 Å².